The van der Waals surface area contributed by atoms with Gasteiger partial charge in [0, 0.05) is 5.56 Å². The minimum atomic E-state index is -1.07. The van der Waals surface area contributed by atoms with Crippen LogP contribution in [-0.2, 0) is 0 Å². The molecule has 0 saturated heterocycles. The van der Waals surface area contributed by atoms with Gasteiger partial charge in [-0.05, 0) is 55.1 Å². The van der Waals surface area contributed by atoms with Gasteiger partial charge in [0.15, 0.2) is 23.0 Å². The van der Waals surface area contributed by atoms with Gasteiger partial charge in [-0.1, -0.05) is 78.9 Å². The quantitative estimate of drug-likeness (QED) is 0.0549. The number of fused-ring (bicyclic) bond motifs is 3. The summed E-state index contributed by atoms with van der Waals surface area (Å²) < 4.78 is 0. The van der Waals surface area contributed by atoms with Gasteiger partial charge < -0.3 is 51.1 Å². The molecule has 0 atom stereocenters. The molecule has 10 nitrogen and oxygen atoms in total. The van der Waals surface area contributed by atoms with Crippen LogP contribution >= 0.6 is 0 Å². The molecular weight excluding hydrogens is 592 g/mol. The van der Waals surface area contributed by atoms with Crippen molar-refractivity contribution in [2.75, 3.05) is 0 Å². The molecule has 7 aromatic rings. The van der Waals surface area contributed by atoms with E-state index < -0.39 is 57.5 Å². The maximum atomic E-state index is 10.9. The largest absolute Gasteiger partial charge is 0.504 e. The Bertz CT molecular complexity index is 2320. The molecule has 0 bridgehead atoms. The van der Waals surface area contributed by atoms with E-state index in [1.54, 1.807) is 60.7 Å². The van der Waals surface area contributed by atoms with Crippen LogP contribution in [0.5, 0.6) is 57.5 Å². The third kappa shape index (κ3) is 3.77. The van der Waals surface area contributed by atoms with Crippen LogP contribution in [0.4, 0.5) is 0 Å². The zero-order valence-corrected chi connectivity index (χ0v) is 23.6. The van der Waals surface area contributed by atoms with Gasteiger partial charge in [-0.15, -0.1) is 0 Å². The monoisotopic (exact) mass is 616 g/mol. The Morgan fingerprint density at radius 2 is 0.696 bits per heavy atom. The summed E-state index contributed by atoms with van der Waals surface area (Å²) in [6, 6.07) is 24.7. The van der Waals surface area contributed by atoms with Crippen LogP contribution in [0.1, 0.15) is 0 Å². The number of phenolic OH excluding ortho intramolecular Hbond substituents is 10. The van der Waals surface area contributed by atoms with Crippen molar-refractivity contribution in [3.63, 3.8) is 0 Å². The minimum Gasteiger partial charge on any atom is -0.504 e. The van der Waals surface area contributed by atoms with Crippen LogP contribution in [0, 0.1) is 0 Å². The van der Waals surface area contributed by atoms with Crippen molar-refractivity contribution in [1.29, 1.82) is 0 Å². The van der Waals surface area contributed by atoms with E-state index in [-0.39, 0.29) is 22.3 Å². The van der Waals surface area contributed by atoms with E-state index >= 15 is 0 Å². The van der Waals surface area contributed by atoms with Gasteiger partial charge in [0.2, 0.25) is 34.5 Å². The smallest absolute Gasteiger partial charge is 0.208 e. The second-order valence-corrected chi connectivity index (χ2v) is 10.8. The first-order chi connectivity index (χ1) is 22.0. The van der Waals surface area contributed by atoms with Crippen molar-refractivity contribution < 1.29 is 51.1 Å². The Kier molecular flexibility index (Phi) is 6.07. The third-order valence-electron chi connectivity index (χ3n) is 8.36. The third-order valence-corrected chi connectivity index (χ3v) is 8.36. The molecule has 46 heavy (non-hydrogen) atoms. The summed E-state index contributed by atoms with van der Waals surface area (Å²) in [6.45, 7) is 0. The molecule has 0 amide bonds. The first-order valence-corrected chi connectivity index (χ1v) is 13.9. The Morgan fingerprint density at radius 3 is 1.17 bits per heavy atom. The Balaban J connectivity index is 1.60. The molecule has 7 aromatic carbocycles. The highest BCUT2D eigenvalue weighted by atomic mass is 16.4. The first-order valence-electron chi connectivity index (χ1n) is 13.9. The van der Waals surface area contributed by atoms with E-state index in [9.17, 15) is 51.1 Å². The summed E-state index contributed by atoms with van der Waals surface area (Å²) in [5.74, 6) is -9.43. The van der Waals surface area contributed by atoms with Gasteiger partial charge in [0.25, 0.3) is 0 Å². The van der Waals surface area contributed by atoms with Crippen LogP contribution in [0.25, 0.3) is 65.7 Å². The molecule has 0 aromatic heterocycles. The second kappa shape index (κ2) is 9.93. The van der Waals surface area contributed by atoms with Gasteiger partial charge in [-0.3, -0.25) is 0 Å². The number of hydrogen-bond acceptors (Lipinski definition) is 10. The van der Waals surface area contributed by atoms with E-state index in [0.717, 1.165) is 0 Å². The molecule has 10 N–H and O–H groups in total. The summed E-state index contributed by atoms with van der Waals surface area (Å²) in [4.78, 5) is 0. The lowest BCUT2D eigenvalue weighted by molar-refractivity contribution is 0.330. The summed E-state index contributed by atoms with van der Waals surface area (Å²) >= 11 is 0. The maximum absolute atomic E-state index is 10.9. The van der Waals surface area contributed by atoms with Crippen LogP contribution in [0.3, 0.4) is 0 Å². The first kappa shape index (κ1) is 28.1. The summed E-state index contributed by atoms with van der Waals surface area (Å²) in [7, 11) is 0. The van der Waals surface area contributed by atoms with E-state index in [1.807, 2.05) is 24.3 Å². The highest BCUT2D eigenvalue weighted by molar-refractivity contribution is 6.23. The number of aromatic hydroxyl groups is 10. The molecule has 0 unspecified atom stereocenters. The van der Waals surface area contributed by atoms with Gasteiger partial charge in [0.1, 0.15) is 0 Å². The molecule has 10 heteroatoms. The lowest BCUT2D eigenvalue weighted by Crippen LogP contribution is -1.93. The van der Waals surface area contributed by atoms with Gasteiger partial charge in [-0.2, -0.15) is 0 Å². The van der Waals surface area contributed by atoms with Crippen LogP contribution in [0.2, 0.25) is 0 Å². The van der Waals surface area contributed by atoms with Crippen molar-refractivity contribution in [2.45, 2.75) is 0 Å². The summed E-state index contributed by atoms with van der Waals surface area (Å²) in [6.07, 6.45) is 0. The highest BCUT2D eigenvalue weighted by Crippen LogP contribution is 2.58. The molecule has 0 fully saturated rings. The fourth-order valence-electron chi connectivity index (χ4n) is 6.22. The number of phenols is 10. The molecule has 0 heterocycles. The van der Waals surface area contributed by atoms with Crippen molar-refractivity contribution in [1.82, 2.24) is 0 Å². The highest BCUT2D eigenvalue weighted by Gasteiger charge is 2.29. The van der Waals surface area contributed by atoms with Gasteiger partial charge in [0.05, 0.1) is 11.1 Å². The summed E-state index contributed by atoms with van der Waals surface area (Å²) in [5, 5.41) is 108. The number of hydrogen-bond donors (Lipinski definition) is 10. The van der Waals surface area contributed by atoms with E-state index in [2.05, 4.69) is 0 Å². The number of benzene rings is 7. The van der Waals surface area contributed by atoms with Gasteiger partial charge >= 0.3 is 0 Å². The molecule has 0 aliphatic heterocycles. The average Bonchev–Trinajstić information content (AvgIpc) is 3.08. The van der Waals surface area contributed by atoms with Crippen molar-refractivity contribution in [2.24, 2.45) is 0 Å². The fourth-order valence-corrected chi connectivity index (χ4v) is 6.22. The topological polar surface area (TPSA) is 202 Å². The molecular formula is C36H24O10. The molecule has 0 radical (unpaired) electrons. The molecule has 0 spiro atoms. The lowest BCUT2D eigenvalue weighted by atomic mass is 9.84. The van der Waals surface area contributed by atoms with E-state index in [4.69, 9.17) is 0 Å². The fraction of sp³-hybridized carbons (Fsp3) is 0. The van der Waals surface area contributed by atoms with E-state index in [1.165, 1.54) is 0 Å². The molecule has 0 aliphatic carbocycles. The van der Waals surface area contributed by atoms with Crippen LogP contribution < -0.4 is 0 Å². The molecule has 0 saturated carbocycles. The molecule has 0 aliphatic rings. The average molecular weight is 617 g/mol. The SMILES string of the molecule is Oc1c(O)c(O)c(-c2cccc3ccc(-c4c5ccccc5c(-c5c(O)c(O)c(O)c(O)c5O)c5ccccc45)cc23)c(O)c1O. The Hall–Kier alpha value is -6.68. The zero-order valence-electron chi connectivity index (χ0n) is 23.6. The molecule has 228 valence electrons. The molecule has 7 rings (SSSR count). The van der Waals surface area contributed by atoms with E-state index in [0.29, 0.717) is 43.4 Å². The summed E-state index contributed by atoms with van der Waals surface area (Å²) in [5.41, 5.74) is 1.32. The van der Waals surface area contributed by atoms with Crippen molar-refractivity contribution in [3.8, 4) is 90.9 Å². The van der Waals surface area contributed by atoms with Crippen LogP contribution in [-0.4, -0.2) is 51.1 Å². The predicted molar refractivity (Wildman–Crippen MR) is 172 cm³/mol. The normalized spacial score (nSPS) is 11.5. The Labute approximate surface area is 259 Å². The maximum Gasteiger partial charge on any atom is 0.208 e. The predicted octanol–water partition coefficient (Wildman–Crippen LogP) is 7.20. The standard InChI is InChI=1S/C36H24O10/c37-27-25(28(38)32(42)35(45)31(27)41)21-11-5-6-15-12-13-16(14-22(15)21)23-17-7-1-3-9-19(17)24(20-10-4-2-8-18(20)23)26-29(39)33(43)36(46)34(44)30(26)40/h1-14,37-46H. The Morgan fingerprint density at radius 1 is 0.283 bits per heavy atom. The van der Waals surface area contributed by atoms with Crippen molar-refractivity contribution >= 4 is 32.3 Å². The number of rotatable bonds is 3. The second-order valence-electron chi connectivity index (χ2n) is 10.8. The van der Waals surface area contributed by atoms with Gasteiger partial charge in [-0.25, -0.2) is 0 Å². The minimum absolute atomic E-state index is 0.245. The van der Waals surface area contributed by atoms with Crippen molar-refractivity contribution in [3.05, 3.63) is 84.9 Å². The van der Waals surface area contributed by atoms with Crippen LogP contribution in [0.15, 0.2) is 84.9 Å². The zero-order chi connectivity index (χ0) is 32.6. The lowest BCUT2D eigenvalue weighted by Gasteiger charge is -2.20.